The van der Waals surface area contributed by atoms with E-state index in [1.54, 1.807) is 6.07 Å². The number of hydrogen-bond donors (Lipinski definition) is 1. The highest BCUT2D eigenvalue weighted by atomic mass is 16.3. The van der Waals surface area contributed by atoms with Crippen molar-refractivity contribution >= 4 is 12.0 Å². The summed E-state index contributed by atoms with van der Waals surface area (Å²) >= 11 is 0. The maximum absolute atomic E-state index is 12.0. The number of amides is 1. The number of carbonyl (C=O) groups is 1. The molecule has 4 rings (SSSR count). The van der Waals surface area contributed by atoms with E-state index in [0.29, 0.717) is 18.5 Å². The first-order chi connectivity index (χ1) is 14.7. The van der Waals surface area contributed by atoms with Crippen molar-refractivity contribution in [2.75, 3.05) is 26.2 Å². The lowest BCUT2D eigenvalue weighted by Crippen LogP contribution is -2.29. The van der Waals surface area contributed by atoms with Crippen molar-refractivity contribution in [3.8, 4) is 0 Å². The molecule has 1 aliphatic heterocycles. The fraction of sp³-hybridized carbons (Fsp3) is 0.348. The highest BCUT2D eigenvalue weighted by Gasteiger charge is 2.19. The molecule has 0 saturated heterocycles. The van der Waals surface area contributed by atoms with E-state index in [4.69, 9.17) is 4.42 Å². The van der Waals surface area contributed by atoms with E-state index >= 15 is 0 Å². The van der Waals surface area contributed by atoms with E-state index in [1.807, 2.05) is 6.07 Å². The molecule has 0 unspecified atom stereocenters. The molecule has 0 spiro atoms. The number of carbonyl (C=O) groups excluding carboxylic acids is 1. The lowest BCUT2D eigenvalue weighted by Gasteiger charge is -2.20. The first-order valence-corrected chi connectivity index (χ1v) is 10.3. The molecule has 7 heteroatoms. The molecule has 2 aromatic heterocycles. The number of benzene rings is 1. The van der Waals surface area contributed by atoms with Gasteiger partial charge in [-0.05, 0) is 18.6 Å². The SMILES string of the molecule is CC(=Cc1ccccc1)CN1CCc2nnc(CCNC(=O)c3ccoc3)n2CC1. The van der Waals surface area contributed by atoms with Crippen molar-refractivity contribution in [1.29, 1.82) is 0 Å². The van der Waals surface area contributed by atoms with E-state index < -0.39 is 0 Å². The third-order valence-electron chi connectivity index (χ3n) is 5.30. The molecule has 1 amide bonds. The Morgan fingerprint density at radius 1 is 1.17 bits per heavy atom. The van der Waals surface area contributed by atoms with Gasteiger partial charge in [-0.2, -0.15) is 0 Å². The molecular weight excluding hydrogens is 378 g/mol. The number of furan rings is 1. The molecule has 0 radical (unpaired) electrons. The molecule has 1 N–H and O–H groups in total. The Hall–Kier alpha value is -3.19. The average molecular weight is 406 g/mol. The second kappa shape index (κ2) is 9.54. The molecule has 7 nitrogen and oxygen atoms in total. The predicted octanol–water partition coefficient (Wildman–Crippen LogP) is 2.81. The van der Waals surface area contributed by atoms with Gasteiger partial charge in [-0.1, -0.05) is 42.0 Å². The average Bonchev–Trinajstić information content (AvgIpc) is 3.37. The minimum absolute atomic E-state index is 0.133. The van der Waals surface area contributed by atoms with Crippen LogP contribution in [0.25, 0.3) is 6.08 Å². The molecule has 3 heterocycles. The number of nitrogens with one attached hydrogen (secondary N) is 1. The van der Waals surface area contributed by atoms with E-state index in [9.17, 15) is 4.79 Å². The molecule has 30 heavy (non-hydrogen) atoms. The van der Waals surface area contributed by atoms with Crippen LogP contribution >= 0.6 is 0 Å². The highest BCUT2D eigenvalue weighted by Crippen LogP contribution is 2.13. The van der Waals surface area contributed by atoms with Crippen LogP contribution < -0.4 is 5.32 Å². The number of nitrogens with zero attached hydrogens (tertiary/aromatic N) is 4. The van der Waals surface area contributed by atoms with Crippen LogP contribution in [-0.4, -0.2) is 51.8 Å². The molecule has 0 aliphatic carbocycles. The van der Waals surface area contributed by atoms with Crippen LogP contribution in [0.1, 0.15) is 34.5 Å². The van der Waals surface area contributed by atoms with Crippen LogP contribution in [-0.2, 0) is 19.4 Å². The van der Waals surface area contributed by atoms with Gasteiger partial charge in [-0.25, -0.2) is 0 Å². The minimum Gasteiger partial charge on any atom is -0.472 e. The van der Waals surface area contributed by atoms with Gasteiger partial charge in [0.1, 0.15) is 17.9 Å². The minimum atomic E-state index is -0.133. The van der Waals surface area contributed by atoms with Gasteiger partial charge in [0.05, 0.1) is 11.8 Å². The van der Waals surface area contributed by atoms with Gasteiger partial charge in [0.2, 0.25) is 0 Å². The second-order valence-electron chi connectivity index (χ2n) is 7.63. The second-order valence-corrected chi connectivity index (χ2v) is 7.63. The molecule has 1 aliphatic rings. The number of rotatable bonds is 7. The van der Waals surface area contributed by atoms with Crippen molar-refractivity contribution in [3.05, 3.63) is 77.3 Å². The summed E-state index contributed by atoms with van der Waals surface area (Å²) in [5, 5.41) is 11.6. The lowest BCUT2D eigenvalue weighted by atomic mass is 10.1. The Morgan fingerprint density at radius 2 is 2.03 bits per heavy atom. The Labute approximate surface area is 176 Å². The third-order valence-corrected chi connectivity index (χ3v) is 5.30. The van der Waals surface area contributed by atoms with Gasteiger partial charge in [0.25, 0.3) is 5.91 Å². The molecule has 0 saturated carbocycles. The number of aromatic nitrogens is 3. The molecule has 3 aromatic rings. The Morgan fingerprint density at radius 3 is 2.83 bits per heavy atom. The van der Waals surface area contributed by atoms with Gasteiger partial charge < -0.3 is 14.3 Å². The fourth-order valence-electron chi connectivity index (χ4n) is 3.79. The van der Waals surface area contributed by atoms with Crippen LogP contribution in [0.15, 0.2) is 58.9 Å². The topological polar surface area (TPSA) is 76.2 Å². The molecular formula is C23H27N5O2. The third kappa shape index (κ3) is 5.04. The van der Waals surface area contributed by atoms with Gasteiger partial charge >= 0.3 is 0 Å². The Kier molecular flexibility index (Phi) is 6.39. The van der Waals surface area contributed by atoms with Gasteiger partial charge in [-0.15, -0.1) is 10.2 Å². The van der Waals surface area contributed by atoms with Crippen LogP contribution in [0.5, 0.6) is 0 Å². The molecule has 0 atom stereocenters. The van der Waals surface area contributed by atoms with Gasteiger partial charge in [0.15, 0.2) is 0 Å². The number of fused-ring (bicyclic) bond motifs is 1. The quantitative estimate of drug-likeness (QED) is 0.654. The number of hydrogen-bond acceptors (Lipinski definition) is 5. The van der Waals surface area contributed by atoms with Gasteiger partial charge in [0, 0.05) is 45.6 Å². The summed E-state index contributed by atoms with van der Waals surface area (Å²) in [5.41, 5.74) is 3.12. The standard InChI is InChI=1S/C23H27N5O2/c1-18(15-19-5-3-2-4-6-19)16-27-11-8-22-26-25-21(28(22)13-12-27)7-10-24-23(29)20-9-14-30-17-20/h2-6,9,14-15,17H,7-8,10-13,16H2,1H3,(H,24,29). The van der Waals surface area contributed by atoms with E-state index in [0.717, 1.165) is 44.2 Å². The normalized spacial score (nSPS) is 14.9. The van der Waals surface area contributed by atoms with Crippen molar-refractivity contribution < 1.29 is 9.21 Å². The van der Waals surface area contributed by atoms with Crippen molar-refractivity contribution in [3.63, 3.8) is 0 Å². The van der Waals surface area contributed by atoms with E-state index in [1.165, 1.54) is 23.7 Å². The van der Waals surface area contributed by atoms with E-state index in [-0.39, 0.29) is 5.91 Å². The van der Waals surface area contributed by atoms with Crippen LogP contribution in [0, 0.1) is 0 Å². The summed E-state index contributed by atoms with van der Waals surface area (Å²) in [7, 11) is 0. The monoisotopic (exact) mass is 405 g/mol. The van der Waals surface area contributed by atoms with Crippen molar-refractivity contribution in [2.24, 2.45) is 0 Å². The largest absolute Gasteiger partial charge is 0.472 e. The maximum Gasteiger partial charge on any atom is 0.254 e. The summed E-state index contributed by atoms with van der Waals surface area (Å²) in [5.74, 6) is 1.82. The van der Waals surface area contributed by atoms with Gasteiger partial charge in [-0.3, -0.25) is 9.69 Å². The van der Waals surface area contributed by atoms with Crippen LogP contribution in [0.3, 0.4) is 0 Å². The first-order valence-electron chi connectivity index (χ1n) is 10.3. The summed E-state index contributed by atoms with van der Waals surface area (Å²) in [6.07, 6.45) is 6.73. The lowest BCUT2D eigenvalue weighted by molar-refractivity contribution is 0.0953. The summed E-state index contributed by atoms with van der Waals surface area (Å²) in [6, 6.07) is 12.1. The van der Waals surface area contributed by atoms with Crippen molar-refractivity contribution in [1.82, 2.24) is 25.0 Å². The van der Waals surface area contributed by atoms with Crippen molar-refractivity contribution in [2.45, 2.75) is 26.3 Å². The molecule has 0 bridgehead atoms. The summed E-state index contributed by atoms with van der Waals surface area (Å²) in [4.78, 5) is 14.5. The zero-order valence-corrected chi connectivity index (χ0v) is 17.3. The van der Waals surface area contributed by atoms with Crippen LogP contribution in [0.4, 0.5) is 0 Å². The van der Waals surface area contributed by atoms with E-state index in [2.05, 4.69) is 62.2 Å². The molecule has 1 aromatic carbocycles. The fourth-order valence-corrected chi connectivity index (χ4v) is 3.79. The predicted molar refractivity (Wildman–Crippen MR) is 115 cm³/mol. The summed E-state index contributed by atoms with van der Waals surface area (Å²) in [6.45, 7) is 6.45. The summed E-state index contributed by atoms with van der Waals surface area (Å²) < 4.78 is 7.16. The maximum atomic E-state index is 12.0. The highest BCUT2D eigenvalue weighted by molar-refractivity contribution is 5.93. The molecule has 0 fully saturated rings. The Balaban J connectivity index is 1.30. The smallest absolute Gasteiger partial charge is 0.254 e. The Bertz CT molecular complexity index is 992. The molecule has 156 valence electrons. The first kappa shape index (κ1) is 20.1. The van der Waals surface area contributed by atoms with Crippen LogP contribution in [0.2, 0.25) is 0 Å². The zero-order valence-electron chi connectivity index (χ0n) is 17.3. The zero-order chi connectivity index (χ0) is 20.8.